The Morgan fingerprint density at radius 2 is 1.11 bits per heavy atom. The Labute approximate surface area is 324 Å². The zero-order chi connectivity index (χ0) is 38.2. The number of rotatable bonds is 12. The van der Waals surface area contributed by atoms with Crippen LogP contribution in [-0.4, -0.2) is 137 Å². The molecule has 4 N–H and O–H groups in total. The molecule has 0 amide bonds. The smallest absolute Gasteiger partial charge is 0.232 e. The average Bonchev–Trinajstić information content (AvgIpc) is 4.00. The second kappa shape index (κ2) is 15.7. The van der Waals surface area contributed by atoms with E-state index in [9.17, 15) is 0 Å². The highest BCUT2D eigenvalue weighted by Gasteiger charge is 2.35. The van der Waals surface area contributed by atoms with E-state index in [1.807, 2.05) is 50.8 Å². The highest BCUT2D eigenvalue weighted by Crippen LogP contribution is 2.32. The normalized spacial score (nSPS) is 20.6. The number of fused-ring (bicyclic) bond motifs is 2. The largest absolute Gasteiger partial charge is 0.477 e. The summed E-state index contributed by atoms with van der Waals surface area (Å²) in [5.74, 6) is 2.16. The summed E-state index contributed by atoms with van der Waals surface area (Å²) in [7, 11) is 0. The molecule has 6 aromatic rings. The van der Waals surface area contributed by atoms with Gasteiger partial charge in [0, 0.05) is 38.6 Å². The molecule has 18 nitrogen and oxygen atoms in total. The van der Waals surface area contributed by atoms with Crippen LogP contribution in [0.5, 0.6) is 11.8 Å². The summed E-state index contributed by atoms with van der Waals surface area (Å²) in [4.78, 5) is 29.5. The zero-order valence-corrected chi connectivity index (χ0v) is 32.4. The fourth-order valence-corrected chi connectivity index (χ4v) is 7.97. The summed E-state index contributed by atoms with van der Waals surface area (Å²) in [6, 6.07) is 5.79. The Morgan fingerprint density at radius 3 is 1.50 bits per heavy atom. The van der Waals surface area contributed by atoms with Crippen LogP contribution in [0.2, 0.25) is 0 Å². The van der Waals surface area contributed by atoms with E-state index in [2.05, 4.69) is 83.7 Å². The van der Waals surface area contributed by atoms with Gasteiger partial charge in [0.1, 0.15) is 11.3 Å². The quantitative estimate of drug-likeness (QED) is 0.136. The summed E-state index contributed by atoms with van der Waals surface area (Å²) in [5, 5.41) is 17.7. The summed E-state index contributed by atoms with van der Waals surface area (Å²) in [5.41, 5.74) is 5.51. The van der Waals surface area contributed by atoms with Crippen molar-refractivity contribution < 1.29 is 18.9 Å². The van der Waals surface area contributed by atoms with Crippen LogP contribution in [0.15, 0.2) is 36.9 Å². The fourth-order valence-electron chi connectivity index (χ4n) is 7.97. The van der Waals surface area contributed by atoms with Crippen molar-refractivity contribution in [3.8, 4) is 11.8 Å². The third kappa shape index (κ3) is 7.13. The van der Waals surface area contributed by atoms with Gasteiger partial charge in [0.15, 0.2) is 0 Å². The van der Waals surface area contributed by atoms with Gasteiger partial charge in [-0.15, -0.1) is 0 Å². The molecule has 4 saturated heterocycles. The molecule has 18 heteroatoms. The number of anilines is 4. The molecule has 0 aromatic carbocycles. The molecule has 296 valence electrons. The Hall–Kier alpha value is -5.30. The molecular formula is C38H50N14O4. The van der Waals surface area contributed by atoms with Crippen LogP contribution in [0.25, 0.3) is 22.1 Å². The predicted molar refractivity (Wildman–Crippen MR) is 210 cm³/mol. The van der Waals surface area contributed by atoms with Crippen molar-refractivity contribution in [1.29, 1.82) is 0 Å². The number of aromatic amines is 2. The topological polar surface area (TPSA) is 186 Å². The molecule has 56 heavy (non-hydrogen) atoms. The van der Waals surface area contributed by atoms with E-state index >= 15 is 0 Å². The van der Waals surface area contributed by atoms with E-state index in [4.69, 9.17) is 18.9 Å². The minimum Gasteiger partial charge on any atom is -0.477 e. The summed E-state index contributed by atoms with van der Waals surface area (Å²) in [6.07, 6.45) is 9.61. The maximum atomic E-state index is 5.68. The molecule has 2 unspecified atom stereocenters. The molecule has 4 aliphatic heterocycles. The minimum absolute atomic E-state index is 0.391. The van der Waals surface area contributed by atoms with Gasteiger partial charge < -0.3 is 39.5 Å². The Morgan fingerprint density at radius 1 is 0.661 bits per heavy atom. The zero-order valence-electron chi connectivity index (χ0n) is 32.4. The molecule has 0 aliphatic carbocycles. The van der Waals surface area contributed by atoms with E-state index in [1.54, 1.807) is 0 Å². The number of likely N-dealkylation sites (tertiary alicyclic amines) is 2. The average molecular weight is 767 g/mol. The maximum absolute atomic E-state index is 5.68. The third-order valence-corrected chi connectivity index (χ3v) is 11.3. The molecule has 0 radical (unpaired) electrons. The highest BCUT2D eigenvalue weighted by molar-refractivity contribution is 5.83. The van der Waals surface area contributed by atoms with Crippen LogP contribution in [0, 0.1) is 13.8 Å². The van der Waals surface area contributed by atoms with Crippen molar-refractivity contribution in [2.75, 3.05) is 76.5 Å². The summed E-state index contributed by atoms with van der Waals surface area (Å²) >= 11 is 0. The van der Waals surface area contributed by atoms with Crippen LogP contribution in [-0.2, 0) is 9.47 Å². The van der Waals surface area contributed by atoms with Gasteiger partial charge in [-0.2, -0.15) is 30.1 Å². The van der Waals surface area contributed by atoms with Gasteiger partial charge in [-0.1, -0.05) is 0 Å². The van der Waals surface area contributed by atoms with Gasteiger partial charge in [0.25, 0.3) is 0 Å². The summed E-state index contributed by atoms with van der Waals surface area (Å²) in [6.45, 7) is 16.9. The Bertz CT molecular complexity index is 2110. The lowest BCUT2D eigenvalue weighted by molar-refractivity contribution is -0.0580. The molecule has 6 aromatic heterocycles. The number of nitrogens with one attached hydrogen (secondary N) is 4. The van der Waals surface area contributed by atoms with Gasteiger partial charge in [-0.05, 0) is 52.7 Å². The van der Waals surface area contributed by atoms with Crippen LogP contribution in [0.3, 0.4) is 0 Å². The third-order valence-electron chi connectivity index (χ3n) is 11.3. The summed E-state index contributed by atoms with van der Waals surface area (Å²) < 4.78 is 26.3. The monoisotopic (exact) mass is 766 g/mol. The fraction of sp³-hybridized carbons (Fsp3) is 0.526. The molecule has 10 rings (SSSR count). The first kappa shape index (κ1) is 36.3. The number of aromatic nitrogens is 10. The van der Waals surface area contributed by atoms with Crippen molar-refractivity contribution in [1.82, 2.24) is 59.3 Å². The van der Waals surface area contributed by atoms with E-state index in [-0.39, 0.29) is 0 Å². The molecule has 0 bridgehead atoms. The van der Waals surface area contributed by atoms with Crippen molar-refractivity contribution >= 4 is 45.3 Å². The van der Waals surface area contributed by atoms with E-state index in [1.165, 1.54) is 0 Å². The van der Waals surface area contributed by atoms with Crippen molar-refractivity contribution in [2.24, 2.45) is 0 Å². The first-order valence-electron chi connectivity index (χ1n) is 19.7. The maximum Gasteiger partial charge on any atom is 0.232 e. The predicted octanol–water partition coefficient (Wildman–Crippen LogP) is 4.50. The van der Waals surface area contributed by atoms with Crippen LogP contribution < -0.4 is 20.1 Å². The number of hydrogen-bond donors (Lipinski definition) is 4. The van der Waals surface area contributed by atoms with Gasteiger partial charge in [0.2, 0.25) is 23.7 Å². The lowest BCUT2D eigenvalue weighted by Gasteiger charge is -2.34. The standard InChI is InChI=1S/2C19H25N7O2/c2*1-3-28-18-15-4-6-20-17(15)23-19(24-18)22-16-8-21-26(12(16)2)13-5-7-25(9-13)14-10-27-11-14/h2*4,6,8,13-14H,3,5,7,9-11H2,1-2H3,(H2,20,22,23,24). The second-order valence-electron chi connectivity index (χ2n) is 14.7. The second-order valence-corrected chi connectivity index (χ2v) is 14.7. The minimum atomic E-state index is 0.391. The van der Waals surface area contributed by atoms with Gasteiger partial charge in [-0.25, -0.2) is 0 Å². The van der Waals surface area contributed by atoms with Gasteiger partial charge in [-0.3, -0.25) is 19.2 Å². The molecule has 0 spiro atoms. The van der Waals surface area contributed by atoms with Crippen molar-refractivity contribution in [2.45, 2.75) is 64.7 Å². The Kier molecular flexibility index (Phi) is 10.2. The van der Waals surface area contributed by atoms with Crippen LogP contribution in [0.4, 0.5) is 23.3 Å². The van der Waals surface area contributed by atoms with Crippen LogP contribution >= 0.6 is 0 Å². The van der Waals surface area contributed by atoms with E-state index in [0.29, 0.717) is 61.0 Å². The molecule has 2 atom stereocenters. The van der Waals surface area contributed by atoms with Gasteiger partial charge >= 0.3 is 0 Å². The molecule has 10 heterocycles. The van der Waals surface area contributed by atoms with E-state index in [0.717, 1.165) is 110 Å². The molecule has 4 fully saturated rings. The number of ether oxygens (including phenoxy) is 4. The van der Waals surface area contributed by atoms with E-state index < -0.39 is 0 Å². The highest BCUT2D eigenvalue weighted by atomic mass is 16.5. The lowest BCUT2D eigenvalue weighted by Crippen LogP contribution is -2.47. The first-order valence-corrected chi connectivity index (χ1v) is 19.7. The molecule has 4 aliphatic rings. The lowest BCUT2D eigenvalue weighted by atomic mass is 10.2. The number of hydrogen-bond acceptors (Lipinski definition) is 14. The first-order chi connectivity index (χ1) is 27.4. The molecule has 0 saturated carbocycles. The van der Waals surface area contributed by atoms with Crippen molar-refractivity contribution in [3.63, 3.8) is 0 Å². The van der Waals surface area contributed by atoms with Crippen LogP contribution in [0.1, 0.15) is 50.2 Å². The Balaban J connectivity index is 0.000000146. The van der Waals surface area contributed by atoms with Gasteiger partial charge in [0.05, 0.1) is 110 Å². The van der Waals surface area contributed by atoms with Crippen molar-refractivity contribution in [3.05, 3.63) is 48.3 Å². The SMILES string of the molecule is CCOc1nc(Nc2cnn(C3CCN(C4COC4)C3)c2C)nc2[nH]ccc12.CCOc1nc(Nc2cnn(C3CCN(C4COC4)C3)c2C)nc2[nH]ccc12. The number of H-pyrrole nitrogens is 2. The number of nitrogens with zero attached hydrogens (tertiary/aromatic N) is 10. The molecular weight excluding hydrogens is 717 g/mol.